The minimum absolute atomic E-state index is 0. The molecule has 2 rings (SSSR count). The monoisotopic (exact) mass is 1010 g/mol. The fourth-order valence-electron chi connectivity index (χ4n) is 8.64. The van der Waals surface area contributed by atoms with E-state index in [4.69, 9.17) is 30.0 Å². The van der Waals surface area contributed by atoms with Gasteiger partial charge in [-0.05, 0) is 49.8 Å². The molecule has 2 unspecified atom stereocenters. The second kappa shape index (κ2) is 60.7. The molecule has 0 aliphatic heterocycles. The average molecular weight is 1020 g/mol. The molecule has 2 aromatic carbocycles. The number of para-hydroxylation sites is 2. The second-order valence-electron chi connectivity index (χ2n) is 18.0. The van der Waals surface area contributed by atoms with Gasteiger partial charge >= 0.3 is 113 Å². The molecule has 372 valence electrons. The largest absolute Gasteiger partial charge is 2.00 e. The number of carbonyl (C=O) groups excluding carboxylic acids is 2. The van der Waals surface area contributed by atoms with Crippen LogP contribution in [-0.4, -0.2) is 126 Å². The van der Waals surface area contributed by atoms with Gasteiger partial charge in [0.05, 0.1) is 0 Å². The van der Waals surface area contributed by atoms with Crippen molar-refractivity contribution in [2.45, 2.75) is 271 Å². The summed E-state index contributed by atoms with van der Waals surface area (Å²) >= 11 is 0. The van der Waals surface area contributed by atoms with Gasteiger partial charge in [-0.3, -0.25) is 0 Å². The molecule has 8 nitrogen and oxygen atoms in total. The van der Waals surface area contributed by atoms with Gasteiger partial charge in [-0.1, -0.05) is 293 Å². The summed E-state index contributed by atoms with van der Waals surface area (Å²) in [5.41, 5.74) is 2.15. The number of carboxylic acid groups (broad SMARTS) is 4. The Balaban J connectivity index is -0.000000316. The van der Waals surface area contributed by atoms with Crippen LogP contribution in [0.2, 0.25) is 0 Å². The minimum Gasteiger partial charge on any atom is -0.872 e. The molecule has 0 aliphatic rings. The summed E-state index contributed by atoms with van der Waals surface area (Å²) in [6, 6.07) is 15.5. The molecule has 2 atom stereocenters. The predicted molar refractivity (Wildman–Crippen MR) is 274 cm³/mol. The van der Waals surface area contributed by atoms with Crippen molar-refractivity contribution in [3.8, 4) is 11.5 Å². The van der Waals surface area contributed by atoms with Crippen LogP contribution in [0.3, 0.4) is 0 Å². The van der Waals surface area contributed by atoms with Gasteiger partial charge in [0, 0.05) is 0 Å². The Morgan fingerprint density at radius 1 is 0.328 bits per heavy atom. The maximum absolute atomic E-state index is 12.3. The van der Waals surface area contributed by atoms with Crippen LogP contribution in [0.4, 0.5) is 9.59 Å². The van der Waals surface area contributed by atoms with Crippen molar-refractivity contribution < 1.29 is 40.2 Å². The van der Waals surface area contributed by atoms with E-state index in [1.807, 2.05) is 24.3 Å². The normalized spacial score (nSPS) is 11.0. The number of unbranched alkanes of at least 4 members (excludes halogenated alkanes) is 28. The molecule has 0 radical (unpaired) electrons. The summed E-state index contributed by atoms with van der Waals surface area (Å²) in [5, 5.41) is 58.0. The van der Waals surface area contributed by atoms with E-state index in [1.54, 1.807) is 12.1 Å². The topological polar surface area (TPSA) is 172 Å². The van der Waals surface area contributed by atoms with Crippen molar-refractivity contribution in [1.82, 2.24) is 0 Å². The van der Waals surface area contributed by atoms with Gasteiger partial charge in [0.15, 0.2) is 0 Å². The van der Waals surface area contributed by atoms with Gasteiger partial charge < -0.3 is 40.2 Å². The van der Waals surface area contributed by atoms with E-state index < -0.39 is 12.3 Å². The Morgan fingerprint density at radius 2 is 0.493 bits per heavy atom. The molecular formula is C56H94Ca3O8. The maximum atomic E-state index is 12.3. The molecule has 0 heterocycles. The summed E-state index contributed by atoms with van der Waals surface area (Å²) in [5.74, 6) is 1.47. The first kappa shape index (κ1) is 76.3. The zero-order chi connectivity index (χ0) is 47.7. The van der Waals surface area contributed by atoms with Crippen LogP contribution in [0.25, 0.3) is 0 Å². The summed E-state index contributed by atoms with van der Waals surface area (Å²) in [6.45, 7) is 9.11. The number of carbonyl (C=O) groups is 2. The molecule has 0 bridgehead atoms. The van der Waals surface area contributed by atoms with Crippen molar-refractivity contribution in [2.75, 3.05) is 0 Å². The molecule has 0 aromatic heterocycles. The molecule has 0 aliphatic carbocycles. The van der Waals surface area contributed by atoms with Crippen molar-refractivity contribution in [3.63, 3.8) is 0 Å². The van der Waals surface area contributed by atoms with Crippen LogP contribution < -0.4 is 30.6 Å². The zero-order valence-corrected chi connectivity index (χ0v) is 50.2. The summed E-state index contributed by atoms with van der Waals surface area (Å²) < 4.78 is 0. The van der Waals surface area contributed by atoms with Gasteiger partial charge in [0.1, 0.15) is 0 Å². The van der Waals surface area contributed by atoms with Gasteiger partial charge in [-0.25, -0.2) is 0 Å². The number of rotatable bonds is 38. The fourth-order valence-corrected chi connectivity index (χ4v) is 8.64. The molecule has 0 spiro atoms. The Kier molecular flexibility index (Phi) is 69.1. The third-order valence-corrected chi connectivity index (χ3v) is 12.3. The molecule has 0 amide bonds. The summed E-state index contributed by atoms with van der Waals surface area (Å²) in [6.07, 6.45) is 43.8. The third kappa shape index (κ3) is 55.5. The van der Waals surface area contributed by atoms with Crippen molar-refractivity contribution in [2.24, 2.45) is 0 Å². The van der Waals surface area contributed by atoms with Crippen LogP contribution in [-0.2, 0) is 0 Å². The average Bonchev–Trinajstić information content (AvgIpc) is 3.26. The van der Waals surface area contributed by atoms with Crippen LogP contribution in [0.5, 0.6) is 11.5 Å². The van der Waals surface area contributed by atoms with E-state index in [-0.39, 0.29) is 125 Å². The summed E-state index contributed by atoms with van der Waals surface area (Å²) in [4.78, 5) is 16.7. The molecule has 0 saturated carbocycles. The molecular weight excluding hydrogens is 921 g/mol. The van der Waals surface area contributed by atoms with Crippen molar-refractivity contribution in [3.05, 3.63) is 59.7 Å². The molecule has 0 fully saturated rings. The SMILES string of the molecule is CCCCCCCCCCCCC(CCCCCCCC)c1ccccc1[O-].CCCCCCCCCCCCC(CCCCCCCC)c1ccccc1[O-].O=C([O-])[O-].O=C([O-])[O-].[Ca+2].[Ca+2].[Ca+2]. The first-order valence-corrected chi connectivity index (χ1v) is 26.3. The molecule has 0 N–H and O–H groups in total. The Hall–Kier alpha value is 0.359. The zero-order valence-electron chi connectivity index (χ0n) is 43.6. The first-order valence-electron chi connectivity index (χ1n) is 26.3. The van der Waals surface area contributed by atoms with Crippen LogP contribution in [0.1, 0.15) is 282 Å². The van der Waals surface area contributed by atoms with Gasteiger partial charge in [0.2, 0.25) is 0 Å². The second-order valence-corrected chi connectivity index (χ2v) is 18.0. The van der Waals surface area contributed by atoms with Crippen molar-refractivity contribution in [1.29, 1.82) is 0 Å². The van der Waals surface area contributed by atoms with Gasteiger partial charge in [0.25, 0.3) is 0 Å². The smallest absolute Gasteiger partial charge is 0.872 e. The number of hydrogen-bond donors (Lipinski definition) is 0. The van der Waals surface area contributed by atoms with E-state index in [9.17, 15) is 10.2 Å². The molecule has 0 saturated heterocycles. The van der Waals surface area contributed by atoms with Crippen LogP contribution >= 0.6 is 0 Å². The summed E-state index contributed by atoms with van der Waals surface area (Å²) in [7, 11) is 0. The third-order valence-electron chi connectivity index (χ3n) is 12.3. The Bertz CT molecular complexity index is 1200. The molecule has 2 aromatic rings. The van der Waals surface area contributed by atoms with E-state index >= 15 is 0 Å². The van der Waals surface area contributed by atoms with Crippen LogP contribution in [0.15, 0.2) is 48.5 Å². The fraction of sp³-hybridized carbons (Fsp3) is 0.750. The predicted octanol–water partition coefficient (Wildman–Crippen LogP) is 11.8. The van der Waals surface area contributed by atoms with Gasteiger partial charge in [-0.15, -0.1) is 11.5 Å². The van der Waals surface area contributed by atoms with E-state index in [0.29, 0.717) is 11.8 Å². The quantitative estimate of drug-likeness (QED) is 0.0472. The maximum Gasteiger partial charge on any atom is 2.00 e. The first-order chi connectivity index (χ1) is 31.0. The van der Waals surface area contributed by atoms with E-state index in [2.05, 4.69) is 39.8 Å². The standard InChI is InChI=1S/2C27H48O.2CH2O3.3Ca/c2*1-3-5-7-9-11-12-13-14-16-18-22-25(21-17-15-10-8-6-4-2)26-23-19-20-24-27(26)28;2*2-1(3)4;;;/h2*19-20,23-25,28H,3-18,21-22H2,1-2H3;2*(H2,2,3,4);;;/q;;;;3*+2/p-6. The minimum atomic E-state index is -2.33. The van der Waals surface area contributed by atoms with E-state index in [1.165, 1.54) is 231 Å². The molecule has 11 heteroatoms. The van der Waals surface area contributed by atoms with Gasteiger partial charge in [-0.2, -0.15) is 0 Å². The number of benzene rings is 2. The van der Waals surface area contributed by atoms with E-state index in [0.717, 1.165) is 11.1 Å². The Morgan fingerprint density at radius 3 is 0.672 bits per heavy atom. The Labute approximate surface area is 501 Å². The van der Waals surface area contributed by atoms with Crippen LogP contribution in [0, 0.1) is 0 Å². The number of hydrogen-bond acceptors (Lipinski definition) is 8. The molecule has 67 heavy (non-hydrogen) atoms. The van der Waals surface area contributed by atoms with Crippen molar-refractivity contribution >= 4 is 126 Å².